The summed E-state index contributed by atoms with van der Waals surface area (Å²) in [4.78, 5) is 14.1. The molecule has 1 saturated heterocycles. The lowest BCUT2D eigenvalue weighted by atomic mass is 10.1. The number of anilines is 1. The molecule has 1 atom stereocenters. The quantitative estimate of drug-likeness (QED) is 0.746. The number of aromatic nitrogens is 1. The average Bonchev–Trinajstić information content (AvgIpc) is 3.04. The fraction of sp³-hybridized carbons (Fsp3) is 0.421. The van der Waals surface area contributed by atoms with Gasteiger partial charge in [-0.15, -0.1) is 0 Å². The number of sulfonamides is 1. The Balaban J connectivity index is 1.79. The number of methoxy groups -OCH3 is 1. The smallest absolute Gasteiger partial charge is 0.354 e. The SMILES string of the molecule is COC(=O)c1cc(S(=O)(=O)N2CCN(c3ccc(C)cc3)[C@H](C)C2)cn1C. The predicted molar refractivity (Wildman–Crippen MR) is 103 cm³/mol. The molecule has 7 nitrogen and oxygen atoms in total. The van der Waals surface area contributed by atoms with Crippen LogP contribution in [0.1, 0.15) is 23.0 Å². The molecule has 0 amide bonds. The fourth-order valence-electron chi connectivity index (χ4n) is 3.39. The number of ether oxygens (including phenoxy) is 1. The molecular weight excluding hydrogens is 366 g/mol. The summed E-state index contributed by atoms with van der Waals surface area (Å²) in [7, 11) is -0.771. The maximum Gasteiger partial charge on any atom is 0.354 e. The highest BCUT2D eigenvalue weighted by Crippen LogP contribution is 2.25. The minimum Gasteiger partial charge on any atom is -0.464 e. The van der Waals surface area contributed by atoms with E-state index in [2.05, 4.69) is 29.2 Å². The van der Waals surface area contributed by atoms with Gasteiger partial charge in [0.25, 0.3) is 0 Å². The van der Waals surface area contributed by atoms with E-state index in [-0.39, 0.29) is 16.6 Å². The van der Waals surface area contributed by atoms with E-state index >= 15 is 0 Å². The number of nitrogens with zero attached hydrogens (tertiary/aromatic N) is 3. The summed E-state index contributed by atoms with van der Waals surface area (Å²) in [6.45, 7) is 5.45. The van der Waals surface area contributed by atoms with Gasteiger partial charge in [-0.1, -0.05) is 17.7 Å². The summed E-state index contributed by atoms with van der Waals surface area (Å²) >= 11 is 0. The van der Waals surface area contributed by atoms with Gasteiger partial charge in [-0.25, -0.2) is 13.2 Å². The third-order valence-electron chi connectivity index (χ3n) is 4.97. The van der Waals surface area contributed by atoms with Crippen LogP contribution in [0.4, 0.5) is 5.69 Å². The van der Waals surface area contributed by atoms with Gasteiger partial charge in [-0.3, -0.25) is 0 Å². The summed E-state index contributed by atoms with van der Waals surface area (Å²) in [5.74, 6) is -0.559. The van der Waals surface area contributed by atoms with Crippen molar-refractivity contribution in [1.29, 1.82) is 0 Å². The van der Waals surface area contributed by atoms with Gasteiger partial charge in [-0.2, -0.15) is 4.31 Å². The Kier molecular flexibility index (Phi) is 5.30. The summed E-state index contributed by atoms with van der Waals surface area (Å²) in [5.41, 5.74) is 2.50. The van der Waals surface area contributed by atoms with Crippen LogP contribution in [0.25, 0.3) is 0 Å². The monoisotopic (exact) mass is 391 g/mol. The number of aryl methyl sites for hydroxylation is 2. The second-order valence-corrected chi connectivity index (χ2v) is 8.84. The van der Waals surface area contributed by atoms with Gasteiger partial charge in [-0.05, 0) is 32.0 Å². The van der Waals surface area contributed by atoms with E-state index in [1.54, 1.807) is 7.05 Å². The molecule has 0 bridgehead atoms. The highest BCUT2D eigenvalue weighted by molar-refractivity contribution is 7.89. The Bertz CT molecular complexity index is 934. The van der Waals surface area contributed by atoms with Crippen LogP contribution >= 0.6 is 0 Å². The number of carbonyl (C=O) groups is 1. The Morgan fingerprint density at radius 2 is 1.85 bits per heavy atom. The third-order valence-corrected chi connectivity index (χ3v) is 6.80. The molecule has 0 N–H and O–H groups in total. The number of piperazine rings is 1. The Morgan fingerprint density at radius 3 is 2.44 bits per heavy atom. The van der Waals surface area contributed by atoms with Crippen molar-refractivity contribution >= 4 is 21.7 Å². The molecule has 1 aliphatic heterocycles. The van der Waals surface area contributed by atoms with E-state index in [9.17, 15) is 13.2 Å². The maximum absolute atomic E-state index is 13.0. The first-order valence-electron chi connectivity index (χ1n) is 8.82. The minimum absolute atomic E-state index is 0.0417. The molecule has 0 spiro atoms. The van der Waals surface area contributed by atoms with Gasteiger partial charge in [0.2, 0.25) is 10.0 Å². The standard InChI is InChI=1S/C19H25N3O4S/c1-14-5-7-16(8-6-14)22-10-9-21(12-15(22)2)27(24,25)17-11-18(19(23)26-4)20(3)13-17/h5-8,11,13,15H,9-10,12H2,1-4H3/t15-/m1/s1. The maximum atomic E-state index is 13.0. The van der Waals surface area contributed by atoms with E-state index in [0.29, 0.717) is 19.6 Å². The molecule has 1 fully saturated rings. The van der Waals surface area contributed by atoms with Crippen LogP contribution in [0.2, 0.25) is 0 Å². The van der Waals surface area contributed by atoms with Crippen LogP contribution in [0.5, 0.6) is 0 Å². The molecule has 2 aromatic rings. The average molecular weight is 391 g/mol. The topological polar surface area (TPSA) is 71.8 Å². The molecule has 1 aromatic heterocycles. The largest absolute Gasteiger partial charge is 0.464 e. The van der Waals surface area contributed by atoms with Gasteiger partial charge >= 0.3 is 5.97 Å². The Hall–Kier alpha value is -2.32. The van der Waals surface area contributed by atoms with E-state index < -0.39 is 16.0 Å². The number of hydrogen-bond donors (Lipinski definition) is 0. The molecule has 0 radical (unpaired) electrons. The van der Waals surface area contributed by atoms with Gasteiger partial charge in [0.05, 0.1) is 7.11 Å². The Morgan fingerprint density at radius 1 is 1.19 bits per heavy atom. The first-order chi connectivity index (χ1) is 12.7. The lowest BCUT2D eigenvalue weighted by molar-refractivity contribution is 0.0590. The van der Waals surface area contributed by atoms with Crippen molar-refractivity contribution in [3.05, 3.63) is 47.8 Å². The lowest BCUT2D eigenvalue weighted by Crippen LogP contribution is -2.53. The zero-order valence-electron chi connectivity index (χ0n) is 16.0. The molecule has 146 valence electrons. The zero-order valence-corrected chi connectivity index (χ0v) is 16.9. The number of esters is 1. The van der Waals surface area contributed by atoms with Crippen LogP contribution in [-0.4, -0.2) is 56.0 Å². The van der Waals surface area contributed by atoms with Crippen molar-refractivity contribution in [3.8, 4) is 0 Å². The normalized spacial score (nSPS) is 18.5. The zero-order chi connectivity index (χ0) is 19.8. The molecule has 2 heterocycles. The first kappa shape index (κ1) is 19.4. The summed E-state index contributed by atoms with van der Waals surface area (Å²) in [5, 5.41) is 0. The van der Waals surface area contributed by atoms with Crippen LogP contribution in [-0.2, 0) is 21.8 Å². The van der Waals surface area contributed by atoms with E-state index in [1.165, 1.54) is 33.8 Å². The molecule has 27 heavy (non-hydrogen) atoms. The van der Waals surface area contributed by atoms with Crippen molar-refractivity contribution in [3.63, 3.8) is 0 Å². The van der Waals surface area contributed by atoms with Crippen molar-refractivity contribution in [1.82, 2.24) is 8.87 Å². The van der Waals surface area contributed by atoms with Crippen molar-refractivity contribution < 1.29 is 17.9 Å². The molecule has 0 unspecified atom stereocenters. The predicted octanol–water partition coefficient (Wildman–Crippen LogP) is 2.02. The van der Waals surface area contributed by atoms with Crippen LogP contribution in [0, 0.1) is 6.92 Å². The fourth-order valence-corrected chi connectivity index (χ4v) is 4.98. The molecule has 0 saturated carbocycles. The number of hydrogen-bond acceptors (Lipinski definition) is 5. The summed E-state index contributed by atoms with van der Waals surface area (Å²) < 4.78 is 33.7. The molecule has 8 heteroatoms. The van der Waals surface area contributed by atoms with Crippen molar-refractivity contribution in [2.75, 3.05) is 31.6 Å². The van der Waals surface area contributed by atoms with Crippen molar-refractivity contribution in [2.45, 2.75) is 24.8 Å². The van der Waals surface area contributed by atoms with Crippen LogP contribution in [0.15, 0.2) is 41.4 Å². The minimum atomic E-state index is -3.67. The second-order valence-electron chi connectivity index (χ2n) is 6.90. The van der Waals surface area contributed by atoms with Gasteiger partial charge in [0.1, 0.15) is 10.6 Å². The molecular formula is C19H25N3O4S. The first-order valence-corrected chi connectivity index (χ1v) is 10.3. The summed E-state index contributed by atoms with van der Waals surface area (Å²) in [6, 6.07) is 9.66. The van der Waals surface area contributed by atoms with Crippen LogP contribution < -0.4 is 4.90 Å². The Labute approximate surface area is 160 Å². The number of benzene rings is 1. The molecule has 3 rings (SSSR count). The van der Waals surface area contributed by atoms with Gasteiger partial charge in [0, 0.05) is 44.6 Å². The molecule has 1 aliphatic rings. The number of rotatable bonds is 4. The lowest BCUT2D eigenvalue weighted by Gasteiger charge is -2.40. The van der Waals surface area contributed by atoms with Gasteiger partial charge < -0.3 is 14.2 Å². The van der Waals surface area contributed by atoms with E-state index in [0.717, 1.165) is 5.69 Å². The molecule has 0 aliphatic carbocycles. The van der Waals surface area contributed by atoms with E-state index in [1.807, 2.05) is 13.8 Å². The van der Waals surface area contributed by atoms with Gasteiger partial charge in [0.15, 0.2) is 0 Å². The highest BCUT2D eigenvalue weighted by atomic mass is 32.2. The van der Waals surface area contributed by atoms with E-state index in [4.69, 9.17) is 4.74 Å². The third kappa shape index (κ3) is 3.72. The van der Waals surface area contributed by atoms with Crippen molar-refractivity contribution in [2.24, 2.45) is 7.05 Å². The summed E-state index contributed by atoms with van der Waals surface area (Å²) in [6.07, 6.45) is 1.46. The molecule has 1 aromatic carbocycles. The second kappa shape index (κ2) is 7.36. The highest BCUT2D eigenvalue weighted by Gasteiger charge is 2.33. The van der Waals surface area contributed by atoms with Crippen LogP contribution in [0.3, 0.4) is 0 Å². The number of carbonyl (C=O) groups excluding carboxylic acids is 1.